The highest BCUT2D eigenvalue weighted by molar-refractivity contribution is 5.77. The molecule has 74 valence electrons. The Bertz CT molecular complexity index is 182. The van der Waals surface area contributed by atoms with Crippen molar-refractivity contribution < 1.29 is 4.79 Å². The van der Waals surface area contributed by atoms with Crippen LogP contribution in [0.15, 0.2) is 0 Å². The van der Waals surface area contributed by atoms with Crippen molar-refractivity contribution in [2.24, 2.45) is 0 Å². The van der Waals surface area contributed by atoms with Crippen molar-refractivity contribution in [2.75, 3.05) is 13.1 Å². The first-order chi connectivity index (χ1) is 6.16. The lowest BCUT2D eigenvalue weighted by atomic mass is 10.3. The highest BCUT2D eigenvalue weighted by Gasteiger charge is 1.99. The van der Waals surface area contributed by atoms with Crippen LogP contribution in [0.4, 0.5) is 0 Å². The van der Waals surface area contributed by atoms with E-state index < -0.39 is 0 Å². The molecule has 13 heavy (non-hydrogen) atoms. The van der Waals surface area contributed by atoms with Gasteiger partial charge in [-0.25, -0.2) is 0 Å². The van der Waals surface area contributed by atoms with Gasteiger partial charge in [-0.2, -0.15) is 0 Å². The van der Waals surface area contributed by atoms with Gasteiger partial charge < -0.3 is 10.6 Å². The zero-order valence-electron chi connectivity index (χ0n) is 8.39. The van der Waals surface area contributed by atoms with Crippen LogP contribution < -0.4 is 10.6 Å². The average Bonchev–Trinajstić information content (AvgIpc) is 2.09. The molecule has 3 heteroatoms. The summed E-state index contributed by atoms with van der Waals surface area (Å²) in [6.45, 7) is 5.06. The Morgan fingerprint density at radius 3 is 2.77 bits per heavy atom. The number of unbranched alkanes of at least 4 members (excludes halogenated alkanes) is 1. The molecular weight excluding hydrogens is 164 g/mol. The summed E-state index contributed by atoms with van der Waals surface area (Å²) in [5.41, 5.74) is 0. The Kier molecular flexibility index (Phi) is 7.04. The zero-order valence-corrected chi connectivity index (χ0v) is 8.39. The van der Waals surface area contributed by atoms with Crippen molar-refractivity contribution in [1.82, 2.24) is 10.6 Å². The van der Waals surface area contributed by atoms with E-state index in [2.05, 4.69) is 16.6 Å². The molecule has 0 heterocycles. The monoisotopic (exact) mass is 182 g/mol. The van der Waals surface area contributed by atoms with Gasteiger partial charge in [0, 0.05) is 19.0 Å². The van der Waals surface area contributed by atoms with Crippen molar-refractivity contribution in [3.63, 3.8) is 0 Å². The van der Waals surface area contributed by atoms with Crippen LogP contribution in [-0.4, -0.2) is 25.0 Å². The molecule has 2 N–H and O–H groups in total. The van der Waals surface area contributed by atoms with Crippen molar-refractivity contribution in [3.05, 3.63) is 0 Å². The van der Waals surface area contributed by atoms with Crippen LogP contribution in [0.25, 0.3) is 0 Å². The largest absolute Gasteiger partial charge is 0.355 e. The van der Waals surface area contributed by atoms with Crippen molar-refractivity contribution in [1.29, 1.82) is 0 Å². The molecule has 0 aliphatic rings. The summed E-state index contributed by atoms with van der Waals surface area (Å²) in [6.07, 6.45) is 6.64. The van der Waals surface area contributed by atoms with E-state index in [9.17, 15) is 4.79 Å². The summed E-state index contributed by atoms with van der Waals surface area (Å²) in [7, 11) is 0. The molecule has 0 fully saturated rings. The van der Waals surface area contributed by atoms with Crippen LogP contribution in [0.3, 0.4) is 0 Å². The molecule has 0 radical (unpaired) electrons. The molecular formula is C10H18N2O. The molecule has 0 aliphatic carbocycles. The highest BCUT2D eigenvalue weighted by Crippen LogP contribution is 1.82. The number of rotatable bonds is 6. The third kappa shape index (κ3) is 8.90. The molecule has 0 aliphatic heterocycles. The maximum absolute atomic E-state index is 11.1. The number of hydrogen-bond acceptors (Lipinski definition) is 2. The van der Waals surface area contributed by atoms with Crippen LogP contribution in [0.5, 0.6) is 0 Å². The third-order valence-electron chi connectivity index (χ3n) is 1.49. The minimum Gasteiger partial charge on any atom is -0.355 e. The van der Waals surface area contributed by atoms with Gasteiger partial charge in [0.05, 0.1) is 6.54 Å². The minimum atomic E-state index is 0.0331. The van der Waals surface area contributed by atoms with E-state index in [0.29, 0.717) is 19.1 Å². The highest BCUT2D eigenvalue weighted by atomic mass is 16.1. The average molecular weight is 182 g/mol. The van der Waals surface area contributed by atoms with Gasteiger partial charge in [0.25, 0.3) is 0 Å². The fourth-order valence-corrected chi connectivity index (χ4v) is 0.778. The standard InChI is InChI=1S/C10H18N2O/c1-4-5-6-7-11-10(13)8-12-9(2)3/h1,9,12H,5-8H2,2-3H3,(H,11,13). The topological polar surface area (TPSA) is 41.1 Å². The first kappa shape index (κ1) is 12.0. The Morgan fingerprint density at radius 1 is 1.54 bits per heavy atom. The van der Waals surface area contributed by atoms with Gasteiger partial charge in [-0.1, -0.05) is 13.8 Å². The third-order valence-corrected chi connectivity index (χ3v) is 1.49. The molecule has 0 bridgehead atoms. The molecule has 0 aromatic carbocycles. The molecule has 0 saturated carbocycles. The van der Waals surface area contributed by atoms with Crippen LogP contribution in [0.2, 0.25) is 0 Å². The summed E-state index contributed by atoms with van der Waals surface area (Å²) >= 11 is 0. The zero-order chi connectivity index (χ0) is 10.1. The van der Waals surface area contributed by atoms with Crippen molar-refractivity contribution in [2.45, 2.75) is 32.7 Å². The lowest BCUT2D eigenvalue weighted by Gasteiger charge is -2.07. The summed E-state index contributed by atoms with van der Waals surface area (Å²) in [5, 5.41) is 5.81. The molecule has 0 aromatic rings. The van der Waals surface area contributed by atoms with E-state index in [1.165, 1.54) is 0 Å². The summed E-state index contributed by atoms with van der Waals surface area (Å²) in [4.78, 5) is 11.1. The molecule has 0 aromatic heterocycles. The lowest BCUT2D eigenvalue weighted by molar-refractivity contribution is -0.120. The van der Waals surface area contributed by atoms with E-state index in [1.807, 2.05) is 13.8 Å². The van der Waals surface area contributed by atoms with E-state index >= 15 is 0 Å². The molecule has 0 atom stereocenters. The number of terminal acetylenes is 1. The van der Waals surface area contributed by atoms with Crippen molar-refractivity contribution >= 4 is 5.91 Å². The van der Waals surface area contributed by atoms with Gasteiger partial charge in [0.2, 0.25) is 5.91 Å². The quantitative estimate of drug-likeness (QED) is 0.464. The van der Waals surface area contributed by atoms with E-state index in [1.54, 1.807) is 0 Å². The second-order valence-corrected chi connectivity index (χ2v) is 3.19. The number of nitrogens with one attached hydrogen (secondary N) is 2. The fraction of sp³-hybridized carbons (Fsp3) is 0.700. The second-order valence-electron chi connectivity index (χ2n) is 3.19. The Morgan fingerprint density at radius 2 is 2.23 bits per heavy atom. The maximum Gasteiger partial charge on any atom is 0.233 e. The summed E-state index contributed by atoms with van der Waals surface area (Å²) in [6, 6.07) is 0.344. The minimum absolute atomic E-state index is 0.0331. The number of carbonyl (C=O) groups excluding carboxylic acids is 1. The van der Waals surface area contributed by atoms with Gasteiger partial charge in [-0.3, -0.25) is 4.79 Å². The second kappa shape index (κ2) is 7.63. The molecule has 0 unspecified atom stereocenters. The molecule has 0 spiro atoms. The maximum atomic E-state index is 11.1. The Labute approximate surface area is 80.3 Å². The van der Waals surface area contributed by atoms with Gasteiger partial charge >= 0.3 is 0 Å². The fourth-order valence-electron chi connectivity index (χ4n) is 0.778. The molecule has 1 amide bonds. The van der Waals surface area contributed by atoms with Crippen LogP contribution in [-0.2, 0) is 4.79 Å². The Balaban J connectivity index is 3.26. The van der Waals surface area contributed by atoms with E-state index in [-0.39, 0.29) is 5.91 Å². The van der Waals surface area contributed by atoms with Gasteiger partial charge in [0.15, 0.2) is 0 Å². The lowest BCUT2D eigenvalue weighted by Crippen LogP contribution is -2.37. The normalized spacial score (nSPS) is 9.69. The first-order valence-electron chi connectivity index (χ1n) is 4.60. The van der Waals surface area contributed by atoms with Gasteiger partial charge in [-0.05, 0) is 6.42 Å². The van der Waals surface area contributed by atoms with Crippen molar-refractivity contribution in [3.8, 4) is 12.3 Å². The summed E-state index contributed by atoms with van der Waals surface area (Å²) in [5.74, 6) is 2.56. The molecule has 3 nitrogen and oxygen atoms in total. The number of carbonyl (C=O) groups is 1. The van der Waals surface area contributed by atoms with E-state index in [0.717, 1.165) is 12.8 Å². The van der Waals surface area contributed by atoms with E-state index in [4.69, 9.17) is 6.42 Å². The number of amides is 1. The SMILES string of the molecule is C#CCCCNC(=O)CNC(C)C. The van der Waals surface area contributed by atoms with Crippen LogP contribution in [0.1, 0.15) is 26.7 Å². The van der Waals surface area contributed by atoms with Gasteiger partial charge in [0.1, 0.15) is 0 Å². The molecule has 0 saturated heterocycles. The first-order valence-corrected chi connectivity index (χ1v) is 4.60. The summed E-state index contributed by atoms with van der Waals surface area (Å²) < 4.78 is 0. The molecule has 0 rings (SSSR count). The van der Waals surface area contributed by atoms with Gasteiger partial charge in [-0.15, -0.1) is 12.3 Å². The van der Waals surface area contributed by atoms with Crippen LogP contribution >= 0.6 is 0 Å². The van der Waals surface area contributed by atoms with Crippen LogP contribution in [0, 0.1) is 12.3 Å². The predicted octanol–water partition coefficient (Wildman–Crippen LogP) is 0.514. The number of hydrogen-bond donors (Lipinski definition) is 2. The predicted molar refractivity (Wildman–Crippen MR) is 54.2 cm³/mol. The smallest absolute Gasteiger partial charge is 0.233 e. The Hall–Kier alpha value is -1.01.